The van der Waals surface area contributed by atoms with Crippen molar-refractivity contribution in [3.8, 4) is 0 Å². The number of nitrogens with zero attached hydrogens (tertiary/aromatic N) is 1. The van der Waals surface area contributed by atoms with E-state index in [-0.39, 0.29) is 0 Å². The highest BCUT2D eigenvalue weighted by molar-refractivity contribution is 14.1. The second kappa shape index (κ2) is 3.44. The van der Waals surface area contributed by atoms with E-state index in [1.54, 1.807) is 0 Å². The van der Waals surface area contributed by atoms with Gasteiger partial charge in [-0.2, -0.15) is 0 Å². The number of alkyl halides is 1. The molecule has 1 aliphatic rings. The third kappa shape index (κ3) is 1.32. The molecule has 3 heteroatoms. The summed E-state index contributed by atoms with van der Waals surface area (Å²) in [5.41, 5.74) is 1.00. The summed E-state index contributed by atoms with van der Waals surface area (Å²) in [6, 6.07) is 0. The topological polar surface area (TPSA) is 29.4 Å². The number of nitroso groups, excluding NO2 is 1. The first-order valence-corrected chi connectivity index (χ1v) is 5.36. The number of hydrogen-bond acceptors (Lipinski definition) is 2. The van der Waals surface area contributed by atoms with Gasteiger partial charge in [0.25, 0.3) is 0 Å². The van der Waals surface area contributed by atoms with E-state index in [9.17, 15) is 4.91 Å². The van der Waals surface area contributed by atoms with Gasteiger partial charge in [0.2, 0.25) is 0 Å². The molecular weight excluding hydrogens is 265 g/mol. The lowest BCUT2D eigenvalue weighted by Gasteiger charge is -2.21. The summed E-state index contributed by atoms with van der Waals surface area (Å²) in [4.78, 5) is 10.7. The first-order valence-electron chi connectivity index (χ1n) is 4.29. The molecule has 68 valence electrons. The lowest BCUT2D eigenvalue weighted by Crippen LogP contribution is -2.23. The minimum Gasteiger partial charge on any atom is -0.149 e. The zero-order valence-electron chi connectivity index (χ0n) is 7.51. The van der Waals surface area contributed by atoms with Gasteiger partial charge in [-0.05, 0) is 52.1 Å². The van der Waals surface area contributed by atoms with Crippen molar-refractivity contribution in [1.82, 2.24) is 0 Å². The number of halogens is 1. The molecule has 2 nitrogen and oxygen atoms in total. The molecule has 0 radical (unpaired) electrons. The fourth-order valence-electron chi connectivity index (χ4n) is 1.90. The number of rotatable bonds is 2. The average Bonchev–Trinajstić information content (AvgIpc) is 2.30. The first kappa shape index (κ1) is 10.2. The predicted molar refractivity (Wildman–Crippen MR) is 59.2 cm³/mol. The molecule has 1 rings (SSSR count). The fourth-order valence-corrected chi connectivity index (χ4v) is 3.13. The van der Waals surface area contributed by atoms with Gasteiger partial charge in [0.1, 0.15) is 0 Å². The van der Waals surface area contributed by atoms with Crippen molar-refractivity contribution in [3.05, 3.63) is 17.1 Å². The van der Waals surface area contributed by atoms with Gasteiger partial charge in [0.15, 0.2) is 3.55 Å². The average molecular weight is 279 g/mol. The van der Waals surface area contributed by atoms with Crippen LogP contribution in [0.25, 0.3) is 0 Å². The third-order valence-corrected chi connectivity index (χ3v) is 4.62. The van der Waals surface area contributed by atoms with E-state index in [0.29, 0.717) is 11.8 Å². The van der Waals surface area contributed by atoms with Crippen LogP contribution in [-0.4, -0.2) is 3.55 Å². The normalized spacial score (nSPS) is 41.8. The van der Waals surface area contributed by atoms with Crippen molar-refractivity contribution < 1.29 is 0 Å². The molecular formula is C9H14INO. The van der Waals surface area contributed by atoms with Crippen molar-refractivity contribution >= 4 is 22.6 Å². The molecule has 0 aromatic heterocycles. The molecule has 12 heavy (non-hydrogen) atoms. The van der Waals surface area contributed by atoms with Crippen LogP contribution in [0.5, 0.6) is 0 Å². The minimum atomic E-state index is -0.522. The molecule has 0 bridgehead atoms. The van der Waals surface area contributed by atoms with Crippen LogP contribution >= 0.6 is 22.6 Å². The van der Waals surface area contributed by atoms with Crippen LogP contribution in [0.1, 0.15) is 26.7 Å². The molecule has 0 aliphatic heterocycles. The molecule has 0 aromatic rings. The Balaban J connectivity index is 2.95. The largest absolute Gasteiger partial charge is 0.177 e. The Bertz CT molecular complexity index is 217. The maximum Gasteiger partial charge on any atom is 0.177 e. The molecule has 0 saturated heterocycles. The van der Waals surface area contributed by atoms with E-state index < -0.39 is 3.55 Å². The van der Waals surface area contributed by atoms with Crippen molar-refractivity contribution in [2.45, 2.75) is 30.2 Å². The van der Waals surface area contributed by atoms with Gasteiger partial charge in [0, 0.05) is 5.92 Å². The fraction of sp³-hybridized carbons (Fsp3) is 0.778. The van der Waals surface area contributed by atoms with E-state index >= 15 is 0 Å². The quantitative estimate of drug-likeness (QED) is 0.250. The van der Waals surface area contributed by atoms with Crippen LogP contribution < -0.4 is 0 Å². The second-order valence-corrected chi connectivity index (χ2v) is 5.18. The molecule has 0 heterocycles. The van der Waals surface area contributed by atoms with Gasteiger partial charge in [-0.15, -0.1) is 4.91 Å². The van der Waals surface area contributed by atoms with Crippen molar-refractivity contribution in [2.75, 3.05) is 0 Å². The summed E-state index contributed by atoms with van der Waals surface area (Å²) in [6.45, 7) is 8.18. The highest BCUT2D eigenvalue weighted by Crippen LogP contribution is 2.51. The monoisotopic (exact) mass is 279 g/mol. The molecule has 0 spiro atoms. The molecule has 0 N–H and O–H groups in total. The smallest absolute Gasteiger partial charge is 0.149 e. The molecule has 1 aliphatic carbocycles. The van der Waals surface area contributed by atoms with Gasteiger partial charge in [-0.25, -0.2) is 0 Å². The Morgan fingerprint density at radius 2 is 2.42 bits per heavy atom. The molecule has 3 atom stereocenters. The van der Waals surface area contributed by atoms with E-state index in [0.717, 1.165) is 18.4 Å². The van der Waals surface area contributed by atoms with Crippen LogP contribution in [0.2, 0.25) is 0 Å². The van der Waals surface area contributed by atoms with E-state index in [2.05, 4.69) is 48.2 Å². The van der Waals surface area contributed by atoms with Gasteiger partial charge in [-0.3, -0.25) is 0 Å². The summed E-state index contributed by atoms with van der Waals surface area (Å²) in [7, 11) is 0. The lowest BCUT2D eigenvalue weighted by atomic mass is 10.0. The Morgan fingerprint density at radius 3 is 2.75 bits per heavy atom. The Morgan fingerprint density at radius 1 is 1.83 bits per heavy atom. The maximum absolute atomic E-state index is 10.7. The van der Waals surface area contributed by atoms with Crippen LogP contribution in [0.15, 0.2) is 17.3 Å². The molecule has 1 saturated carbocycles. The van der Waals surface area contributed by atoms with Gasteiger partial charge in [-0.1, -0.05) is 20.4 Å². The van der Waals surface area contributed by atoms with Gasteiger partial charge < -0.3 is 0 Å². The minimum absolute atomic E-state index is 0.387. The van der Waals surface area contributed by atoms with Crippen molar-refractivity contribution in [3.63, 3.8) is 0 Å². The molecule has 0 aromatic carbocycles. The van der Waals surface area contributed by atoms with Crippen LogP contribution in [0, 0.1) is 16.7 Å². The summed E-state index contributed by atoms with van der Waals surface area (Å²) in [6.07, 6.45) is 2.07. The summed E-state index contributed by atoms with van der Waals surface area (Å²) in [5, 5.41) is 3.24. The van der Waals surface area contributed by atoms with Gasteiger partial charge >= 0.3 is 0 Å². The number of hydrogen-bond donors (Lipinski definition) is 0. The lowest BCUT2D eigenvalue weighted by molar-refractivity contribution is 0.453. The van der Waals surface area contributed by atoms with Crippen LogP contribution in [0.3, 0.4) is 0 Å². The maximum atomic E-state index is 10.7. The van der Waals surface area contributed by atoms with Crippen molar-refractivity contribution in [1.29, 1.82) is 0 Å². The molecule has 3 unspecified atom stereocenters. The third-order valence-electron chi connectivity index (χ3n) is 2.85. The highest BCUT2D eigenvalue weighted by Gasteiger charge is 2.47. The Labute approximate surface area is 86.9 Å². The van der Waals surface area contributed by atoms with Crippen LogP contribution in [-0.2, 0) is 0 Å². The SMILES string of the molecule is C=C1C(C)CC(CC)C1(I)N=O. The Hall–Kier alpha value is 0.0700. The van der Waals surface area contributed by atoms with Crippen LogP contribution in [0.4, 0.5) is 0 Å². The zero-order chi connectivity index (χ0) is 9.35. The standard InChI is InChI=1S/C9H14INO/c1-4-8-5-6(2)7(3)9(8,10)11-12/h6,8H,3-5H2,1-2H3. The summed E-state index contributed by atoms with van der Waals surface area (Å²) in [5.74, 6) is 0.836. The van der Waals surface area contributed by atoms with E-state index in [1.165, 1.54) is 0 Å². The molecule has 0 amide bonds. The van der Waals surface area contributed by atoms with E-state index in [4.69, 9.17) is 0 Å². The molecule has 1 fully saturated rings. The Kier molecular flexibility index (Phi) is 2.91. The second-order valence-electron chi connectivity index (χ2n) is 3.53. The summed E-state index contributed by atoms with van der Waals surface area (Å²) >= 11 is 2.15. The summed E-state index contributed by atoms with van der Waals surface area (Å²) < 4.78 is -0.522. The first-order chi connectivity index (χ1) is 5.56. The van der Waals surface area contributed by atoms with Crippen molar-refractivity contribution in [2.24, 2.45) is 17.0 Å². The predicted octanol–water partition coefficient (Wildman–Crippen LogP) is 3.51. The van der Waals surface area contributed by atoms with Gasteiger partial charge in [0.05, 0.1) is 0 Å². The van der Waals surface area contributed by atoms with E-state index in [1.807, 2.05) is 0 Å². The highest BCUT2D eigenvalue weighted by atomic mass is 127. The zero-order valence-corrected chi connectivity index (χ0v) is 9.67.